The minimum absolute atomic E-state index is 0.0972. The summed E-state index contributed by atoms with van der Waals surface area (Å²) in [5, 5.41) is 0. The molecule has 6 nitrogen and oxygen atoms in total. The number of carbonyl (C=O) groups is 3. The number of ether oxygens (including phenoxy) is 3. The summed E-state index contributed by atoms with van der Waals surface area (Å²) < 4.78 is 16.8. The Balaban J connectivity index is 4.45. The maximum absolute atomic E-state index is 12.8. The van der Waals surface area contributed by atoms with E-state index in [2.05, 4.69) is 81.5 Å². The highest BCUT2D eigenvalue weighted by atomic mass is 16.6. The second kappa shape index (κ2) is 53.7. The first-order valence-electron chi connectivity index (χ1n) is 27.8. The summed E-state index contributed by atoms with van der Waals surface area (Å²) in [7, 11) is 0. The van der Waals surface area contributed by atoms with Gasteiger partial charge in [0.15, 0.2) is 6.10 Å². The van der Waals surface area contributed by atoms with E-state index in [1.54, 1.807) is 0 Å². The summed E-state index contributed by atoms with van der Waals surface area (Å²) in [4.78, 5) is 38.0. The number of unbranched alkanes of at least 4 members (excludes halogenated alkanes) is 30. The molecule has 1 unspecified atom stereocenters. The maximum Gasteiger partial charge on any atom is 0.306 e. The van der Waals surface area contributed by atoms with Crippen LogP contribution >= 0.6 is 0 Å². The van der Waals surface area contributed by atoms with Gasteiger partial charge in [-0.15, -0.1) is 0 Å². The van der Waals surface area contributed by atoms with E-state index in [-0.39, 0.29) is 37.5 Å². The van der Waals surface area contributed by atoms with E-state index in [1.807, 2.05) is 0 Å². The number of carbonyl (C=O) groups excluding carboxylic acids is 3. The molecule has 0 radical (unpaired) electrons. The molecule has 0 aromatic rings. The molecule has 0 aromatic carbocycles. The Morgan fingerprint density at radius 2 is 0.615 bits per heavy atom. The fraction of sp³-hybridized carbons (Fsp3) is 0.780. The first-order chi connectivity index (χ1) is 32.0. The van der Waals surface area contributed by atoms with Crippen molar-refractivity contribution >= 4 is 17.9 Å². The summed E-state index contributed by atoms with van der Waals surface area (Å²) in [6.45, 7) is 6.59. The van der Waals surface area contributed by atoms with Crippen LogP contribution in [0.5, 0.6) is 0 Å². The summed E-state index contributed by atoms with van der Waals surface area (Å²) in [6, 6.07) is 0. The van der Waals surface area contributed by atoms with Gasteiger partial charge < -0.3 is 14.2 Å². The number of hydrogen-bond donors (Lipinski definition) is 0. The standard InChI is InChI=1S/C59H104O6/c1-4-7-10-13-16-19-22-25-27-29-31-32-34-37-40-43-46-49-52-58(61)64-55-56(54-63-57(60)51-48-45-42-39-36-24-21-18-15-12-9-6-3)65-59(62)53-50-47-44-41-38-35-33-30-28-26-23-20-17-14-11-8-5-2/h26-29,31-33,35,41,44,56H,4-25,30,34,36-40,42-43,45-55H2,1-3H3/b28-26-,29-27-,32-31-,35-33-,44-41-. The molecule has 0 heterocycles. The molecule has 65 heavy (non-hydrogen) atoms. The normalized spacial score (nSPS) is 12.5. The van der Waals surface area contributed by atoms with E-state index in [0.717, 1.165) is 77.0 Å². The molecule has 0 spiro atoms. The molecular formula is C59H104O6. The van der Waals surface area contributed by atoms with Crippen molar-refractivity contribution in [3.63, 3.8) is 0 Å². The van der Waals surface area contributed by atoms with Gasteiger partial charge in [-0.1, -0.05) is 242 Å². The van der Waals surface area contributed by atoms with Crippen LogP contribution in [-0.2, 0) is 28.6 Å². The number of rotatable bonds is 50. The van der Waals surface area contributed by atoms with Gasteiger partial charge in [-0.3, -0.25) is 14.4 Å². The van der Waals surface area contributed by atoms with E-state index in [4.69, 9.17) is 14.2 Å². The van der Waals surface area contributed by atoms with E-state index < -0.39 is 6.10 Å². The highest BCUT2D eigenvalue weighted by molar-refractivity contribution is 5.71. The van der Waals surface area contributed by atoms with Crippen LogP contribution in [0.15, 0.2) is 60.8 Å². The van der Waals surface area contributed by atoms with Crippen molar-refractivity contribution in [2.75, 3.05) is 13.2 Å². The molecule has 0 rings (SSSR count). The third-order valence-corrected chi connectivity index (χ3v) is 12.0. The zero-order valence-electron chi connectivity index (χ0n) is 43.0. The topological polar surface area (TPSA) is 78.9 Å². The van der Waals surface area contributed by atoms with Crippen molar-refractivity contribution in [3.05, 3.63) is 60.8 Å². The molecule has 0 bridgehead atoms. The first-order valence-corrected chi connectivity index (χ1v) is 27.8. The third-order valence-electron chi connectivity index (χ3n) is 12.0. The Kier molecular flexibility index (Phi) is 51.3. The van der Waals surface area contributed by atoms with Crippen LogP contribution in [0.25, 0.3) is 0 Å². The average molecular weight is 909 g/mol. The van der Waals surface area contributed by atoms with Gasteiger partial charge in [-0.2, -0.15) is 0 Å². The summed E-state index contributed by atoms with van der Waals surface area (Å²) in [5.41, 5.74) is 0. The molecule has 1 atom stereocenters. The van der Waals surface area contributed by atoms with E-state index in [0.29, 0.717) is 19.3 Å². The smallest absolute Gasteiger partial charge is 0.306 e. The van der Waals surface area contributed by atoms with E-state index in [9.17, 15) is 14.4 Å². The lowest BCUT2D eigenvalue weighted by Gasteiger charge is -2.18. The van der Waals surface area contributed by atoms with Crippen molar-refractivity contribution in [2.24, 2.45) is 0 Å². The lowest BCUT2D eigenvalue weighted by molar-refractivity contribution is -0.167. The summed E-state index contributed by atoms with van der Waals surface area (Å²) >= 11 is 0. The Labute approximate surface area is 402 Å². The molecule has 0 aliphatic carbocycles. The number of esters is 3. The molecule has 0 fully saturated rings. The third kappa shape index (κ3) is 51.9. The van der Waals surface area contributed by atoms with Crippen molar-refractivity contribution in [3.8, 4) is 0 Å². The monoisotopic (exact) mass is 909 g/mol. The van der Waals surface area contributed by atoms with E-state index >= 15 is 0 Å². The first kappa shape index (κ1) is 62.1. The average Bonchev–Trinajstić information content (AvgIpc) is 3.30. The second-order valence-electron chi connectivity index (χ2n) is 18.5. The van der Waals surface area contributed by atoms with Gasteiger partial charge in [0.1, 0.15) is 13.2 Å². The zero-order valence-corrected chi connectivity index (χ0v) is 43.0. The van der Waals surface area contributed by atoms with Gasteiger partial charge in [0, 0.05) is 19.3 Å². The van der Waals surface area contributed by atoms with Crippen LogP contribution in [0.3, 0.4) is 0 Å². The molecule has 0 aliphatic rings. The van der Waals surface area contributed by atoms with Gasteiger partial charge in [0.2, 0.25) is 0 Å². The molecule has 0 saturated heterocycles. The van der Waals surface area contributed by atoms with Crippen LogP contribution in [-0.4, -0.2) is 37.2 Å². The predicted octanol–water partition coefficient (Wildman–Crippen LogP) is 18.4. The minimum Gasteiger partial charge on any atom is -0.462 e. The molecule has 0 aromatic heterocycles. The molecule has 6 heteroatoms. The zero-order chi connectivity index (χ0) is 47.2. The van der Waals surface area contributed by atoms with Crippen molar-refractivity contribution < 1.29 is 28.6 Å². The fourth-order valence-electron chi connectivity index (χ4n) is 7.80. The Morgan fingerprint density at radius 3 is 1.00 bits per heavy atom. The van der Waals surface area contributed by atoms with Gasteiger partial charge in [-0.05, 0) is 77.0 Å². The van der Waals surface area contributed by atoms with Crippen molar-refractivity contribution in [1.82, 2.24) is 0 Å². The van der Waals surface area contributed by atoms with Gasteiger partial charge >= 0.3 is 17.9 Å². The molecule has 376 valence electrons. The van der Waals surface area contributed by atoms with Crippen molar-refractivity contribution in [2.45, 2.75) is 284 Å². The molecule has 0 N–H and O–H groups in total. The molecule has 0 amide bonds. The lowest BCUT2D eigenvalue weighted by Crippen LogP contribution is -2.30. The van der Waals surface area contributed by atoms with Gasteiger partial charge in [-0.25, -0.2) is 0 Å². The highest BCUT2D eigenvalue weighted by Crippen LogP contribution is 2.15. The highest BCUT2D eigenvalue weighted by Gasteiger charge is 2.19. The second-order valence-corrected chi connectivity index (χ2v) is 18.5. The van der Waals surface area contributed by atoms with Crippen LogP contribution in [0.4, 0.5) is 0 Å². The van der Waals surface area contributed by atoms with Crippen molar-refractivity contribution in [1.29, 1.82) is 0 Å². The summed E-state index contributed by atoms with van der Waals surface area (Å²) in [5.74, 6) is -0.958. The number of hydrogen-bond acceptors (Lipinski definition) is 6. The SMILES string of the molecule is CCCCCCCC/C=C\C/C=C\C/C=C\CCCC(=O)OC(COC(=O)CCCCCCC/C=C\C=C/CCCCCCCCC)COC(=O)CCCCCCCCCCCCCC. The lowest BCUT2D eigenvalue weighted by atomic mass is 10.0. The van der Waals surface area contributed by atoms with Crippen LogP contribution in [0.1, 0.15) is 278 Å². The van der Waals surface area contributed by atoms with Crippen LogP contribution < -0.4 is 0 Å². The Bertz CT molecular complexity index is 1180. The molecule has 0 aliphatic heterocycles. The number of allylic oxidation sites excluding steroid dienone is 10. The van der Waals surface area contributed by atoms with E-state index in [1.165, 1.54) is 154 Å². The summed E-state index contributed by atoms with van der Waals surface area (Å²) in [6.07, 6.45) is 66.4. The molecule has 0 saturated carbocycles. The Hall–Kier alpha value is -2.89. The quantitative estimate of drug-likeness (QED) is 0.0199. The minimum atomic E-state index is -0.805. The Morgan fingerprint density at radius 1 is 0.323 bits per heavy atom. The fourth-order valence-corrected chi connectivity index (χ4v) is 7.80. The van der Waals surface area contributed by atoms with Crippen LogP contribution in [0.2, 0.25) is 0 Å². The predicted molar refractivity (Wildman–Crippen MR) is 279 cm³/mol. The van der Waals surface area contributed by atoms with Gasteiger partial charge in [0.25, 0.3) is 0 Å². The largest absolute Gasteiger partial charge is 0.462 e. The maximum atomic E-state index is 12.8. The molecular weight excluding hydrogens is 805 g/mol. The van der Waals surface area contributed by atoms with Crippen LogP contribution in [0, 0.1) is 0 Å². The van der Waals surface area contributed by atoms with Gasteiger partial charge in [0.05, 0.1) is 0 Å².